The van der Waals surface area contributed by atoms with E-state index in [4.69, 9.17) is 4.74 Å². The number of hydrogen-bond donors (Lipinski definition) is 0. The highest BCUT2D eigenvalue weighted by Gasteiger charge is 2.49. The van der Waals surface area contributed by atoms with E-state index in [1.165, 1.54) is 6.92 Å². The molecular weight excluding hydrogens is 232 g/mol. The molecule has 102 valence electrons. The lowest BCUT2D eigenvalue weighted by Gasteiger charge is -2.35. The molecule has 0 radical (unpaired) electrons. The Bertz CT molecular complexity index is 364. The molecule has 1 atom stereocenters. The molecule has 0 aliphatic heterocycles. The number of rotatable bonds is 3. The molecule has 1 saturated carbocycles. The molecule has 1 rings (SSSR count). The van der Waals surface area contributed by atoms with Gasteiger partial charge in [0.05, 0.1) is 0 Å². The Kier molecular flexibility index (Phi) is 4.30. The zero-order valence-corrected chi connectivity index (χ0v) is 11.7. The van der Waals surface area contributed by atoms with Crippen LogP contribution in [0, 0.1) is 5.41 Å². The monoisotopic (exact) mass is 254 g/mol. The molecule has 0 N–H and O–H groups in total. The first-order valence-corrected chi connectivity index (χ1v) is 6.43. The van der Waals surface area contributed by atoms with Crippen LogP contribution in [0.25, 0.3) is 0 Å². The summed E-state index contributed by atoms with van der Waals surface area (Å²) in [6.07, 6.45) is 2.35. The minimum absolute atomic E-state index is 0.0270. The van der Waals surface area contributed by atoms with E-state index in [2.05, 4.69) is 0 Å². The number of ether oxygens (including phenoxy) is 1. The van der Waals surface area contributed by atoms with Gasteiger partial charge in [-0.15, -0.1) is 0 Å². The fraction of sp³-hybridized carbons (Fsp3) is 0.786. The third-order valence-electron chi connectivity index (χ3n) is 3.13. The van der Waals surface area contributed by atoms with E-state index < -0.39 is 17.0 Å². The molecule has 4 heteroatoms. The van der Waals surface area contributed by atoms with Gasteiger partial charge in [0.2, 0.25) is 0 Å². The van der Waals surface area contributed by atoms with Crippen LogP contribution in [0.15, 0.2) is 0 Å². The molecule has 1 fully saturated rings. The lowest BCUT2D eigenvalue weighted by molar-refractivity contribution is -0.174. The lowest BCUT2D eigenvalue weighted by Crippen LogP contribution is -2.46. The average Bonchev–Trinajstić information content (AvgIpc) is 2.18. The maximum Gasteiger partial charge on any atom is 0.320 e. The second-order valence-corrected chi connectivity index (χ2v) is 6.09. The summed E-state index contributed by atoms with van der Waals surface area (Å²) in [6.45, 7) is 6.70. The van der Waals surface area contributed by atoms with Crippen molar-refractivity contribution in [3.8, 4) is 0 Å². The Balaban J connectivity index is 3.00. The number of carbonyl (C=O) groups excluding carboxylic acids is 3. The van der Waals surface area contributed by atoms with Gasteiger partial charge in [0.1, 0.15) is 16.8 Å². The van der Waals surface area contributed by atoms with Crippen molar-refractivity contribution in [1.29, 1.82) is 0 Å². The summed E-state index contributed by atoms with van der Waals surface area (Å²) in [6, 6.07) is 0. The van der Waals surface area contributed by atoms with Crippen molar-refractivity contribution < 1.29 is 19.1 Å². The van der Waals surface area contributed by atoms with Crippen LogP contribution >= 0.6 is 0 Å². The first kappa shape index (κ1) is 14.9. The van der Waals surface area contributed by atoms with Crippen molar-refractivity contribution in [3.05, 3.63) is 0 Å². The molecule has 1 aliphatic rings. The molecule has 0 heterocycles. The SMILES string of the molecule is CC(=O)CC1(C(=O)OC(C)(C)C)CCCCC1=O. The van der Waals surface area contributed by atoms with E-state index in [1.54, 1.807) is 20.8 Å². The number of hydrogen-bond acceptors (Lipinski definition) is 4. The van der Waals surface area contributed by atoms with Crippen LogP contribution in [-0.4, -0.2) is 23.1 Å². The van der Waals surface area contributed by atoms with Gasteiger partial charge in [0, 0.05) is 12.8 Å². The summed E-state index contributed by atoms with van der Waals surface area (Å²) in [5.74, 6) is -0.816. The van der Waals surface area contributed by atoms with Crippen LogP contribution in [0.2, 0.25) is 0 Å². The van der Waals surface area contributed by atoms with E-state index in [1.807, 2.05) is 0 Å². The number of ketones is 2. The summed E-state index contributed by atoms with van der Waals surface area (Å²) in [5, 5.41) is 0. The van der Waals surface area contributed by atoms with E-state index >= 15 is 0 Å². The summed E-state index contributed by atoms with van der Waals surface area (Å²) in [5.41, 5.74) is -1.87. The Morgan fingerprint density at radius 3 is 2.33 bits per heavy atom. The minimum atomic E-state index is -1.22. The van der Waals surface area contributed by atoms with Gasteiger partial charge in [-0.2, -0.15) is 0 Å². The summed E-state index contributed by atoms with van der Waals surface area (Å²) >= 11 is 0. The van der Waals surface area contributed by atoms with Gasteiger partial charge in [0.25, 0.3) is 0 Å². The largest absolute Gasteiger partial charge is 0.459 e. The molecule has 1 unspecified atom stereocenters. The highest BCUT2D eigenvalue weighted by atomic mass is 16.6. The number of Topliss-reactive ketones (excluding diaryl/α,β-unsaturated/α-hetero) is 2. The minimum Gasteiger partial charge on any atom is -0.459 e. The van der Waals surface area contributed by atoms with Gasteiger partial charge in [-0.25, -0.2) is 0 Å². The molecule has 4 nitrogen and oxygen atoms in total. The normalized spacial score (nSPS) is 24.8. The molecule has 0 amide bonds. The maximum absolute atomic E-state index is 12.3. The smallest absolute Gasteiger partial charge is 0.320 e. The summed E-state index contributed by atoms with van der Waals surface area (Å²) in [7, 11) is 0. The third-order valence-corrected chi connectivity index (χ3v) is 3.13. The summed E-state index contributed by atoms with van der Waals surface area (Å²) < 4.78 is 5.34. The molecule has 1 aliphatic carbocycles. The molecule has 0 aromatic heterocycles. The van der Waals surface area contributed by atoms with Crippen LogP contribution in [0.4, 0.5) is 0 Å². The molecule has 0 saturated heterocycles. The van der Waals surface area contributed by atoms with Gasteiger partial charge in [-0.3, -0.25) is 14.4 Å². The van der Waals surface area contributed by atoms with Crippen LogP contribution in [0.1, 0.15) is 59.8 Å². The second-order valence-electron chi connectivity index (χ2n) is 6.09. The molecule has 0 spiro atoms. The van der Waals surface area contributed by atoms with Gasteiger partial charge in [-0.05, 0) is 40.5 Å². The van der Waals surface area contributed by atoms with Gasteiger partial charge in [-0.1, -0.05) is 6.42 Å². The predicted molar refractivity (Wildman–Crippen MR) is 67.1 cm³/mol. The molecule has 18 heavy (non-hydrogen) atoms. The third kappa shape index (κ3) is 3.40. The molecule has 0 aromatic carbocycles. The number of carbonyl (C=O) groups is 3. The van der Waals surface area contributed by atoms with Crippen molar-refractivity contribution >= 4 is 17.5 Å². The maximum atomic E-state index is 12.3. The fourth-order valence-corrected chi connectivity index (χ4v) is 2.37. The molecular formula is C14H22O4. The standard InChI is InChI=1S/C14H22O4/c1-10(15)9-14(8-6-5-7-11(14)16)12(17)18-13(2,3)4/h5-9H2,1-4H3. The van der Waals surface area contributed by atoms with Crippen molar-refractivity contribution in [1.82, 2.24) is 0 Å². The van der Waals surface area contributed by atoms with Gasteiger partial charge < -0.3 is 4.74 Å². The first-order valence-electron chi connectivity index (χ1n) is 6.43. The Labute approximate surface area is 108 Å². The fourth-order valence-electron chi connectivity index (χ4n) is 2.37. The van der Waals surface area contributed by atoms with E-state index in [9.17, 15) is 14.4 Å². The highest BCUT2D eigenvalue weighted by molar-refractivity contribution is 6.07. The van der Waals surface area contributed by atoms with E-state index in [0.29, 0.717) is 12.8 Å². The van der Waals surface area contributed by atoms with Crippen LogP contribution in [0.3, 0.4) is 0 Å². The lowest BCUT2D eigenvalue weighted by atomic mass is 9.70. The predicted octanol–water partition coefficient (Wildman–Crippen LogP) is 2.44. The summed E-state index contributed by atoms with van der Waals surface area (Å²) in [4.78, 5) is 35.8. The van der Waals surface area contributed by atoms with Crippen LogP contribution in [-0.2, 0) is 19.1 Å². The average molecular weight is 254 g/mol. The quantitative estimate of drug-likeness (QED) is 0.573. The second kappa shape index (κ2) is 5.21. The number of esters is 1. The van der Waals surface area contributed by atoms with Crippen LogP contribution < -0.4 is 0 Å². The Morgan fingerprint density at radius 2 is 1.89 bits per heavy atom. The molecule has 0 bridgehead atoms. The topological polar surface area (TPSA) is 60.4 Å². The zero-order valence-electron chi connectivity index (χ0n) is 11.7. The van der Waals surface area contributed by atoms with E-state index in [-0.39, 0.29) is 18.0 Å². The van der Waals surface area contributed by atoms with Crippen molar-refractivity contribution in [2.75, 3.05) is 0 Å². The van der Waals surface area contributed by atoms with Crippen LogP contribution in [0.5, 0.6) is 0 Å². The van der Waals surface area contributed by atoms with Crippen molar-refractivity contribution in [3.63, 3.8) is 0 Å². The highest BCUT2D eigenvalue weighted by Crippen LogP contribution is 2.39. The van der Waals surface area contributed by atoms with Gasteiger partial charge >= 0.3 is 5.97 Å². The Hall–Kier alpha value is -1.19. The van der Waals surface area contributed by atoms with E-state index in [0.717, 1.165) is 12.8 Å². The van der Waals surface area contributed by atoms with Crippen molar-refractivity contribution in [2.24, 2.45) is 5.41 Å². The Morgan fingerprint density at radius 1 is 1.28 bits per heavy atom. The zero-order chi connectivity index (χ0) is 14.0. The van der Waals surface area contributed by atoms with Gasteiger partial charge in [0.15, 0.2) is 5.78 Å². The molecule has 0 aromatic rings. The first-order chi connectivity index (χ1) is 8.17. The van der Waals surface area contributed by atoms with Crippen molar-refractivity contribution in [2.45, 2.75) is 65.4 Å².